The maximum absolute atomic E-state index is 13.1. The molecule has 6 heteroatoms. The molecule has 0 heterocycles. The first-order valence-electron chi connectivity index (χ1n) is 9.40. The fraction of sp³-hybridized carbons (Fsp3) is 0.619. The maximum atomic E-state index is 13.1. The van der Waals surface area contributed by atoms with E-state index in [-0.39, 0.29) is 11.5 Å². The van der Waals surface area contributed by atoms with Crippen molar-refractivity contribution >= 4 is 17.6 Å². The van der Waals surface area contributed by atoms with Gasteiger partial charge in [-0.3, -0.25) is 4.79 Å². The summed E-state index contributed by atoms with van der Waals surface area (Å²) in [4.78, 5) is 25.2. The van der Waals surface area contributed by atoms with E-state index in [4.69, 9.17) is 14.2 Å². The zero-order valence-corrected chi connectivity index (χ0v) is 17.5. The van der Waals surface area contributed by atoms with E-state index in [1.807, 2.05) is 6.92 Å². The summed E-state index contributed by atoms with van der Waals surface area (Å²) in [6.07, 6.45) is 1.21. The minimum absolute atomic E-state index is 0.215. The Morgan fingerprint density at radius 2 is 1.67 bits per heavy atom. The normalized spacial score (nSPS) is 11.6. The first-order chi connectivity index (χ1) is 12.7. The van der Waals surface area contributed by atoms with Gasteiger partial charge in [0.15, 0.2) is 0 Å². The summed E-state index contributed by atoms with van der Waals surface area (Å²) in [5, 5.41) is 2.91. The lowest BCUT2D eigenvalue weighted by atomic mass is 9.84. The zero-order valence-electron chi connectivity index (χ0n) is 17.5. The van der Waals surface area contributed by atoms with Gasteiger partial charge in [0, 0.05) is 12.8 Å². The predicted molar refractivity (Wildman–Crippen MR) is 106 cm³/mol. The molecule has 0 bridgehead atoms. The largest absolute Gasteiger partial charge is 0.493 e. The van der Waals surface area contributed by atoms with Gasteiger partial charge in [0.05, 0.1) is 13.7 Å². The Balaban J connectivity index is 3.19. The molecule has 0 aliphatic carbocycles. The molecule has 152 valence electrons. The molecule has 0 aliphatic rings. The number of benzene rings is 1. The second-order valence-corrected chi connectivity index (χ2v) is 7.48. The molecule has 1 N–H and O–H groups in total. The number of rotatable bonds is 10. The highest BCUT2D eigenvalue weighted by Gasteiger charge is 2.39. The number of nitrogens with one attached hydrogen (secondary N) is 1. The molecule has 1 aromatic carbocycles. The number of carbonyl (C=O) groups excluding carboxylic acids is 2. The van der Waals surface area contributed by atoms with Crippen molar-refractivity contribution in [1.29, 1.82) is 0 Å². The van der Waals surface area contributed by atoms with Crippen molar-refractivity contribution in [2.45, 2.75) is 53.1 Å². The summed E-state index contributed by atoms with van der Waals surface area (Å²) < 4.78 is 16.0. The molecule has 0 saturated carbocycles. The predicted octanol–water partition coefficient (Wildman–Crippen LogP) is 4.29. The van der Waals surface area contributed by atoms with Gasteiger partial charge >= 0.3 is 5.97 Å². The van der Waals surface area contributed by atoms with E-state index >= 15 is 0 Å². The molecule has 0 spiro atoms. The first kappa shape index (κ1) is 23.0. The van der Waals surface area contributed by atoms with Gasteiger partial charge in [-0.05, 0) is 49.8 Å². The molecular formula is C21H33NO5. The third-order valence-electron chi connectivity index (χ3n) is 4.22. The zero-order chi connectivity index (χ0) is 20.6. The SMILES string of the molecule is CCOc1ccc(NC(=O)C(CC(C)C)(CC(C)C)OC)cc1C(=O)OC. The van der Waals surface area contributed by atoms with Crippen LogP contribution in [0.2, 0.25) is 0 Å². The number of esters is 1. The third-order valence-corrected chi connectivity index (χ3v) is 4.22. The van der Waals surface area contributed by atoms with Crippen molar-refractivity contribution in [3.63, 3.8) is 0 Å². The Kier molecular flexibility index (Phi) is 8.76. The van der Waals surface area contributed by atoms with Crippen molar-refractivity contribution in [2.24, 2.45) is 11.8 Å². The van der Waals surface area contributed by atoms with Crippen LogP contribution in [-0.4, -0.2) is 38.3 Å². The van der Waals surface area contributed by atoms with Crippen molar-refractivity contribution in [2.75, 3.05) is 26.1 Å². The molecule has 0 fully saturated rings. The second kappa shape index (κ2) is 10.3. The summed E-state index contributed by atoms with van der Waals surface area (Å²) in [7, 11) is 2.88. The van der Waals surface area contributed by atoms with Crippen LogP contribution in [0, 0.1) is 11.8 Å². The first-order valence-corrected chi connectivity index (χ1v) is 9.40. The topological polar surface area (TPSA) is 73.9 Å². The Morgan fingerprint density at radius 1 is 1.07 bits per heavy atom. The standard InChI is InChI=1S/C21H33NO5/c1-8-27-18-10-9-16(11-17(18)19(23)25-6)22-20(24)21(26-7,12-14(2)3)13-15(4)5/h9-11,14-15H,8,12-13H2,1-7H3,(H,22,24). The molecule has 0 atom stereocenters. The maximum Gasteiger partial charge on any atom is 0.341 e. The van der Waals surface area contributed by atoms with Gasteiger partial charge in [-0.15, -0.1) is 0 Å². The average molecular weight is 379 g/mol. The van der Waals surface area contributed by atoms with Gasteiger partial charge in [-0.25, -0.2) is 4.79 Å². The Labute approximate surface area is 162 Å². The van der Waals surface area contributed by atoms with Crippen molar-refractivity contribution < 1.29 is 23.8 Å². The molecule has 0 aliphatic heterocycles. The van der Waals surface area contributed by atoms with Gasteiger partial charge in [0.2, 0.25) is 0 Å². The van der Waals surface area contributed by atoms with Crippen LogP contribution in [0.1, 0.15) is 57.8 Å². The number of methoxy groups -OCH3 is 2. The average Bonchev–Trinajstić information content (AvgIpc) is 2.60. The van der Waals surface area contributed by atoms with Crippen molar-refractivity contribution in [3.8, 4) is 5.75 Å². The van der Waals surface area contributed by atoms with Crippen LogP contribution in [0.25, 0.3) is 0 Å². The van der Waals surface area contributed by atoms with E-state index in [1.165, 1.54) is 7.11 Å². The summed E-state index contributed by atoms with van der Waals surface area (Å²) >= 11 is 0. The van der Waals surface area contributed by atoms with E-state index < -0.39 is 11.6 Å². The minimum atomic E-state index is -0.924. The molecule has 0 aromatic heterocycles. The van der Waals surface area contributed by atoms with Gasteiger partial charge in [-0.2, -0.15) is 0 Å². The lowest BCUT2D eigenvalue weighted by Gasteiger charge is -2.34. The van der Waals surface area contributed by atoms with Crippen LogP contribution in [0.5, 0.6) is 5.75 Å². The minimum Gasteiger partial charge on any atom is -0.493 e. The molecule has 1 aromatic rings. The number of amides is 1. The monoisotopic (exact) mass is 379 g/mol. The number of carbonyl (C=O) groups is 2. The number of anilines is 1. The van der Waals surface area contributed by atoms with Gasteiger partial charge in [-0.1, -0.05) is 27.7 Å². The van der Waals surface area contributed by atoms with E-state index in [0.717, 1.165) is 0 Å². The van der Waals surface area contributed by atoms with Gasteiger partial charge < -0.3 is 19.5 Å². The number of ether oxygens (including phenoxy) is 3. The fourth-order valence-electron chi connectivity index (χ4n) is 3.25. The Hall–Kier alpha value is -2.08. The lowest BCUT2D eigenvalue weighted by molar-refractivity contribution is -0.142. The van der Waals surface area contributed by atoms with Crippen LogP contribution in [0.15, 0.2) is 18.2 Å². The molecule has 0 unspecified atom stereocenters. The second-order valence-electron chi connectivity index (χ2n) is 7.48. The highest BCUT2D eigenvalue weighted by molar-refractivity contribution is 5.99. The van der Waals surface area contributed by atoms with E-state index in [0.29, 0.717) is 42.7 Å². The molecular weight excluding hydrogens is 346 g/mol. The number of hydrogen-bond donors (Lipinski definition) is 1. The molecule has 1 amide bonds. The number of hydrogen-bond acceptors (Lipinski definition) is 5. The Bertz CT molecular complexity index is 629. The summed E-state index contributed by atoms with van der Waals surface area (Å²) in [5.74, 6) is 0.273. The van der Waals surface area contributed by atoms with Crippen molar-refractivity contribution in [1.82, 2.24) is 0 Å². The van der Waals surface area contributed by atoms with E-state index in [1.54, 1.807) is 25.3 Å². The summed E-state index contributed by atoms with van der Waals surface area (Å²) in [6, 6.07) is 4.94. The van der Waals surface area contributed by atoms with Gasteiger partial charge in [0.1, 0.15) is 16.9 Å². The van der Waals surface area contributed by atoms with Crippen LogP contribution in [0.4, 0.5) is 5.69 Å². The van der Waals surface area contributed by atoms with Crippen molar-refractivity contribution in [3.05, 3.63) is 23.8 Å². The molecule has 27 heavy (non-hydrogen) atoms. The van der Waals surface area contributed by atoms with Crippen LogP contribution < -0.4 is 10.1 Å². The third kappa shape index (κ3) is 6.24. The molecule has 0 radical (unpaired) electrons. The van der Waals surface area contributed by atoms with Crippen LogP contribution in [-0.2, 0) is 14.3 Å². The lowest BCUT2D eigenvalue weighted by Crippen LogP contribution is -2.47. The summed E-state index contributed by atoms with van der Waals surface area (Å²) in [6.45, 7) is 10.5. The highest BCUT2D eigenvalue weighted by atomic mass is 16.5. The molecule has 0 saturated heterocycles. The smallest absolute Gasteiger partial charge is 0.341 e. The highest BCUT2D eigenvalue weighted by Crippen LogP contribution is 2.31. The van der Waals surface area contributed by atoms with E-state index in [2.05, 4.69) is 33.0 Å². The van der Waals surface area contributed by atoms with Gasteiger partial charge in [0.25, 0.3) is 5.91 Å². The fourth-order valence-corrected chi connectivity index (χ4v) is 3.25. The molecule has 6 nitrogen and oxygen atoms in total. The quantitative estimate of drug-likeness (QED) is 0.614. The van der Waals surface area contributed by atoms with Crippen LogP contribution >= 0.6 is 0 Å². The Morgan fingerprint density at radius 3 is 2.11 bits per heavy atom. The molecule has 1 rings (SSSR count). The summed E-state index contributed by atoms with van der Waals surface area (Å²) in [5.41, 5.74) is -0.155. The van der Waals surface area contributed by atoms with E-state index in [9.17, 15) is 9.59 Å². The van der Waals surface area contributed by atoms with Crippen LogP contribution in [0.3, 0.4) is 0 Å².